The number of rotatable bonds is 6. The van der Waals surface area contributed by atoms with Gasteiger partial charge in [0.1, 0.15) is 17.4 Å². The molecule has 0 radical (unpaired) electrons. The van der Waals surface area contributed by atoms with E-state index < -0.39 is 0 Å². The third-order valence-electron chi connectivity index (χ3n) is 4.58. The molecule has 11 heteroatoms. The summed E-state index contributed by atoms with van der Waals surface area (Å²) < 4.78 is 21.5. The topological polar surface area (TPSA) is 91.1 Å². The molecule has 160 valence electrons. The number of halogens is 1. The second-order valence-electron chi connectivity index (χ2n) is 6.67. The number of hydrogen-bond acceptors (Lipinski definition) is 8. The highest BCUT2D eigenvalue weighted by Crippen LogP contribution is 2.28. The van der Waals surface area contributed by atoms with Crippen molar-refractivity contribution in [1.29, 1.82) is 0 Å². The predicted octanol–water partition coefficient (Wildman–Crippen LogP) is 4.00. The maximum absolute atomic E-state index is 13.5. The van der Waals surface area contributed by atoms with Gasteiger partial charge in [-0.05, 0) is 48.7 Å². The van der Waals surface area contributed by atoms with Gasteiger partial charge in [0.2, 0.25) is 11.7 Å². The third kappa shape index (κ3) is 4.04. The van der Waals surface area contributed by atoms with Crippen LogP contribution < -0.4 is 5.69 Å². The highest BCUT2D eigenvalue weighted by Gasteiger charge is 2.16. The molecule has 0 spiro atoms. The van der Waals surface area contributed by atoms with Crippen molar-refractivity contribution in [3.05, 3.63) is 83.1 Å². The van der Waals surface area contributed by atoms with E-state index in [1.165, 1.54) is 45.4 Å². The maximum atomic E-state index is 13.5. The van der Waals surface area contributed by atoms with Crippen LogP contribution in [0.25, 0.3) is 17.0 Å². The molecule has 3 aromatic heterocycles. The van der Waals surface area contributed by atoms with E-state index in [2.05, 4.69) is 20.2 Å². The van der Waals surface area contributed by atoms with Gasteiger partial charge in [-0.25, -0.2) is 23.3 Å². The summed E-state index contributed by atoms with van der Waals surface area (Å²) in [5.41, 5.74) is 0.810. The van der Waals surface area contributed by atoms with Crippen molar-refractivity contribution in [3.63, 3.8) is 0 Å². The molecule has 0 atom stereocenters. The zero-order valence-electron chi connectivity index (χ0n) is 16.7. The van der Waals surface area contributed by atoms with Crippen LogP contribution in [0.1, 0.15) is 5.89 Å². The van der Waals surface area contributed by atoms with E-state index in [-0.39, 0.29) is 23.9 Å². The van der Waals surface area contributed by atoms with Gasteiger partial charge < -0.3 is 4.52 Å². The van der Waals surface area contributed by atoms with Crippen molar-refractivity contribution in [2.24, 2.45) is 0 Å². The van der Waals surface area contributed by atoms with Gasteiger partial charge in [0.05, 0.1) is 0 Å². The highest BCUT2D eigenvalue weighted by atomic mass is 32.2. The van der Waals surface area contributed by atoms with Crippen molar-refractivity contribution in [2.45, 2.75) is 21.4 Å². The highest BCUT2D eigenvalue weighted by molar-refractivity contribution is 7.99. The largest absolute Gasteiger partial charge is 0.350 e. The summed E-state index contributed by atoms with van der Waals surface area (Å²) in [5.74, 6) is 0.348. The van der Waals surface area contributed by atoms with Crippen LogP contribution in [0.15, 0.2) is 85.1 Å². The van der Waals surface area contributed by atoms with Crippen molar-refractivity contribution in [1.82, 2.24) is 29.3 Å². The molecule has 0 saturated heterocycles. The van der Waals surface area contributed by atoms with Crippen LogP contribution in [0.2, 0.25) is 0 Å². The fourth-order valence-corrected chi connectivity index (χ4v) is 4.34. The summed E-state index contributed by atoms with van der Waals surface area (Å²) in [6, 6.07) is 13.9. The van der Waals surface area contributed by atoms with Gasteiger partial charge in [0.25, 0.3) is 0 Å². The first-order chi connectivity index (χ1) is 15.6. The molecule has 0 N–H and O–H groups in total. The lowest BCUT2D eigenvalue weighted by molar-refractivity contribution is 0.364. The molecule has 8 nitrogen and oxygen atoms in total. The van der Waals surface area contributed by atoms with E-state index in [0.29, 0.717) is 21.4 Å². The second kappa shape index (κ2) is 8.60. The average molecular weight is 467 g/mol. The Morgan fingerprint density at radius 3 is 2.75 bits per heavy atom. The lowest BCUT2D eigenvalue weighted by Gasteiger charge is -2.01. The van der Waals surface area contributed by atoms with E-state index in [4.69, 9.17) is 4.52 Å². The molecule has 0 aliphatic heterocycles. The number of fused-ring (bicyclic) bond motifs is 1. The van der Waals surface area contributed by atoms with Crippen molar-refractivity contribution >= 4 is 29.2 Å². The number of thioether (sulfide) groups is 1. The molecular formula is C21H15FN6O2S2. The lowest BCUT2D eigenvalue weighted by Crippen LogP contribution is -2.21. The van der Waals surface area contributed by atoms with Crippen LogP contribution in [0.4, 0.5) is 4.39 Å². The minimum atomic E-state index is -0.368. The average Bonchev–Trinajstić information content (AvgIpc) is 3.40. The van der Waals surface area contributed by atoms with Crippen molar-refractivity contribution in [3.8, 4) is 11.4 Å². The Bertz CT molecular complexity index is 1460. The first kappa shape index (κ1) is 20.5. The zero-order chi connectivity index (χ0) is 22.1. The molecule has 2 aromatic carbocycles. The molecule has 0 bridgehead atoms. The molecule has 0 aliphatic carbocycles. The molecule has 0 saturated carbocycles. The second-order valence-corrected chi connectivity index (χ2v) is 8.61. The molecule has 32 heavy (non-hydrogen) atoms. The number of nitrogens with zero attached hydrogens (tertiary/aromatic N) is 6. The monoisotopic (exact) mass is 466 g/mol. The minimum Gasteiger partial charge on any atom is -0.337 e. The van der Waals surface area contributed by atoms with Gasteiger partial charge in [-0.1, -0.05) is 23.0 Å². The molecule has 0 unspecified atom stereocenters. The van der Waals surface area contributed by atoms with E-state index in [1.54, 1.807) is 23.9 Å². The van der Waals surface area contributed by atoms with E-state index in [9.17, 15) is 9.18 Å². The SMILES string of the molecule is CSc1ccc(-c2noc(Cn3nc4c(Sc5cccc(F)c5)nccn4c3=O)n2)cc1. The van der Waals surface area contributed by atoms with Crippen molar-refractivity contribution in [2.75, 3.05) is 6.26 Å². The van der Waals surface area contributed by atoms with Crippen LogP contribution in [0, 0.1) is 5.82 Å². The van der Waals surface area contributed by atoms with Gasteiger partial charge in [-0.15, -0.1) is 16.9 Å². The summed E-state index contributed by atoms with van der Waals surface area (Å²) in [5, 5.41) is 8.88. The standard InChI is InChI=1S/C21H15FN6O2S2/c1-31-15-7-5-13(6-8-15)18-24-17(30-26-18)12-28-21(29)27-10-9-23-20(19(27)25-28)32-16-4-2-3-14(22)11-16/h2-11H,12H2,1H3. The zero-order valence-corrected chi connectivity index (χ0v) is 18.3. The van der Waals surface area contributed by atoms with Crippen LogP contribution in [-0.4, -0.2) is 35.6 Å². The smallest absolute Gasteiger partial charge is 0.337 e. The Labute approximate surface area is 189 Å². The normalized spacial score (nSPS) is 11.3. The molecule has 5 aromatic rings. The van der Waals surface area contributed by atoms with Gasteiger partial charge in [-0.3, -0.25) is 0 Å². The summed E-state index contributed by atoms with van der Waals surface area (Å²) in [7, 11) is 0. The summed E-state index contributed by atoms with van der Waals surface area (Å²) in [6.45, 7) is 0.0144. The first-order valence-electron chi connectivity index (χ1n) is 9.45. The molecule has 0 aliphatic rings. The van der Waals surface area contributed by atoms with E-state index in [0.717, 1.165) is 10.5 Å². The number of aromatic nitrogens is 6. The van der Waals surface area contributed by atoms with Crippen molar-refractivity contribution < 1.29 is 8.91 Å². The Hall–Kier alpha value is -3.44. The predicted molar refractivity (Wildman–Crippen MR) is 118 cm³/mol. The molecular weight excluding hydrogens is 451 g/mol. The Kier molecular flexibility index (Phi) is 5.50. The fourth-order valence-electron chi connectivity index (χ4n) is 3.05. The Balaban J connectivity index is 1.43. The van der Waals surface area contributed by atoms with E-state index in [1.807, 2.05) is 30.5 Å². The van der Waals surface area contributed by atoms with Gasteiger partial charge >= 0.3 is 5.69 Å². The summed E-state index contributed by atoms with van der Waals surface area (Å²) in [6.07, 6.45) is 5.04. The summed E-state index contributed by atoms with van der Waals surface area (Å²) >= 11 is 2.87. The van der Waals surface area contributed by atoms with Crippen LogP contribution in [-0.2, 0) is 6.54 Å². The molecule has 3 heterocycles. The lowest BCUT2D eigenvalue weighted by atomic mass is 10.2. The first-order valence-corrected chi connectivity index (χ1v) is 11.5. The van der Waals surface area contributed by atoms with Gasteiger partial charge in [0, 0.05) is 27.7 Å². The molecule has 5 rings (SSSR count). The molecule has 0 fully saturated rings. The van der Waals surface area contributed by atoms with E-state index >= 15 is 0 Å². The number of hydrogen-bond donors (Lipinski definition) is 0. The van der Waals surface area contributed by atoms with Crippen LogP contribution in [0.3, 0.4) is 0 Å². The maximum Gasteiger partial charge on any atom is 0.350 e. The molecule has 0 amide bonds. The van der Waals surface area contributed by atoms with Gasteiger partial charge in [0.15, 0.2) is 5.65 Å². The number of benzene rings is 2. The third-order valence-corrected chi connectivity index (χ3v) is 6.30. The fraction of sp³-hybridized carbons (Fsp3) is 0.0952. The van der Waals surface area contributed by atoms with Crippen LogP contribution in [0.5, 0.6) is 0 Å². The minimum absolute atomic E-state index is 0.0144. The summed E-state index contributed by atoms with van der Waals surface area (Å²) in [4.78, 5) is 23.3. The van der Waals surface area contributed by atoms with Gasteiger partial charge in [-0.2, -0.15) is 4.98 Å². The van der Waals surface area contributed by atoms with Crippen LogP contribution >= 0.6 is 23.5 Å². The quantitative estimate of drug-likeness (QED) is 0.347. The Morgan fingerprint density at radius 2 is 1.97 bits per heavy atom. The Morgan fingerprint density at radius 1 is 1.12 bits per heavy atom.